The second-order valence-corrected chi connectivity index (χ2v) is 9.27. The molecule has 1 saturated heterocycles. The van der Waals surface area contributed by atoms with Crippen LogP contribution in [0.4, 0.5) is 6.01 Å². The summed E-state index contributed by atoms with van der Waals surface area (Å²) in [5.74, 6) is 1.31. The zero-order valence-corrected chi connectivity index (χ0v) is 17.1. The third-order valence-corrected chi connectivity index (χ3v) is 7.26. The van der Waals surface area contributed by atoms with Crippen molar-refractivity contribution in [3.8, 4) is 0 Å². The van der Waals surface area contributed by atoms with Crippen molar-refractivity contribution in [1.29, 1.82) is 0 Å². The fraction of sp³-hybridized carbons (Fsp3) is 0.545. The normalized spacial score (nSPS) is 25.4. The standard InChI is InChI=1S/C22H26N6O2/c1-13(20(29)28-9-7-22(5-6-22)8-10-28)24-21-27-26-19(30-21)17-11-16(17)15-4-2-3-14-12-23-25-18(14)15/h2-4,12-13,16-17H,5-11H2,1H3,(H,23,25)(H,24,27)/t13-,16?,17-/m1/s1. The number of anilines is 1. The number of rotatable bonds is 5. The zero-order valence-electron chi connectivity index (χ0n) is 17.1. The van der Waals surface area contributed by atoms with Gasteiger partial charge in [0.1, 0.15) is 6.04 Å². The molecule has 2 saturated carbocycles. The highest BCUT2D eigenvalue weighted by molar-refractivity contribution is 5.84. The Bertz CT molecular complexity index is 1090. The number of likely N-dealkylation sites (tertiary alicyclic amines) is 1. The van der Waals surface area contributed by atoms with Gasteiger partial charge in [0.2, 0.25) is 11.8 Å². The van der Waals surface area contributed by atoms with Crippen LogP contribution in [0.15, 0.2) is 28.8 Å². The highest BCUT2D eigenvalue weighted by Crippen LogP contribution is 2.55. The van der Waals surface area contributed by atoms with Crippen molar-refractivity contribution >= 4 is 22.8 Å². The van der Waals surface area contributed by atoms with Crippen LogP contribution >= 0.6 is 0 Å². The van der Waals surface area contributed by atoms with Crippen LogP contribution < -0.4 is 5.32 Å². The topological polar surface area (TPSA) is 99.9 Å². The van der Waals surface area contributed by atoms with Crippen LogP contribution in [0.1, 0.15) is 62.3 Å². The van der Waals surface area contributed by atoms with Gasteiger partial charge in [-0.1, -0.05) is 23.3 Å². The van der Waals surface area contributed by atoms with Gasteiger partial charge in [-0.05, 0) is 55.9 Å². The number of piperidine rings is 1. The smallest absolute Gasteiger partial charge is 0.316 e. The molecular weight excluding hydrogens is 380 g/mol. The minimum atomic E-state index is -0.375. The molecule has 8 nitrogen and oxygen atoms in total. The van der Waals surface area contributed by atoms with Crippen molar-refractivity contribution in [3.63, 3.8) is 0 Å². The Morgan fingerprint density at radius 2 is 2.07 bits per heavy atom. The molecule has 2 aromatic heterocycles. The fourth-order valence-corrected chi connectivity index (χ4v) is 4.95. The van der Waals surface area contributed by atoms with Crippen LogP contribution in [-0.2, 0) is 4.79 Å². The molecule has 3 atom stereocenters. The molecule has 0 bridgehead atoms. The molecule has 8 heteroatoms. The van der Waals surface area contributed by atoms with Crippen LogP contribution in [0.25, 0.3) is 10.9 Å². The number of nitrogens with zero attached hydrogens (tertiary/aromatic N) is 4. The molecule has 3 fully saturated rings. The average molecular weight is 406 g/mol. The van der Waals surface area contributed by atoms with E-state index in [2.05, 4.69) is 43.9 Å². The number of aromatic nitrogens is 4. The van der Waals surface area contributed by atoms with E-state index in [4.69, 9.17) is 4.42 Å². The molecule has 3 aromatic rings. The van der Waals surface area contributed by atoms with Crippen molar-refractivity contribution in [2.75, 3.05) is 18.4 Å². The molecule has 3 heterocycles. The molecule has 1 spiro atoms. The molecule has 1 unspecified atom stereocenters. The molecule has 30 heavy (non-hydrogen) atoms. The van der Waals surface area contributed by atoms with Gasteiger partial charge in [-0.15, -0.1) is 5.10 Å². The highest BCUT2D eigenvalue weighted by atomic mass is 16.4. The van der Waals surface area contributed by atoms with E-state index in [9.17, 15) is 4.79 Å². The van der Waals surface area contributed by atoms with Gasteiger partial charge in [0, 0.05) is 24.4 Å². The van der Waals surface area contributed by atoms with Crippen molar-refractivity contribution in [3.05, 3.63) is 35.9 Å². The monoisotopic (exact) mass is 406 g/mol. The number of carbonyl (C=O) groups is 1. The summed E-state index contributed by atoms with van der Waals surface area (Å²) in [7, 11) is 0. The van der Waals surface area contributed by atoms with Crippen LogP contribution in [0.3, 0.4) is 0 Å². The molecule has 3 aliphatic rings. The lowest BCUT2D eigenvalue weighted by molar-refractivity contribution is -0.133. The second-order valence-electron chi connectivity index (χ2n) is 9.27. The van der Waals surface area contributed by atoms with E-state index < -0.39 is 0 Å². The summed E-state index contributed by atoms with van der Waals surface area (Å²) >= 11 is 0. The summed E-state index contributed by atoms with van der Waals surface area (Å²) in [5.41, 5.74) is 2.89. The lowest BCUT2D eigenvalue weighted by Gasteiger charge is -2.33. The van der Waals surface area contributed by atoms with E-state index >= 15 is 0 Å². The lowest BCUT2D eigenvalue weighted by Crippen LogP contribution is -2.45. The van der Waals surface area contributed by atoms with Crippen molar-refractivity contribution in [2.45, 2.75) is 56.9 Å². The Morgan fingerprint density at radius 3 is 2.87 bits per heavy atom. The predicted octanol–water partition coefficient (Wildman–Crippen LogP) is 3.42. The average Bonchev–Trinajstić information content (AvgIpc) is 3.60. The van der Waals surface area contributed by atoms with E-state index in [0.717, 1.165) is 43.3 Å². The maximum Gasteiger partial charge on any atom is 0.316 e. The van der Waals surface area contributed by atoms with Gasteiger partial charge >= 0.3 is 6.01 Å². The fourth-order valence-electron chi connectivity index (χ4n) is 4.95. The van der Waals surface area contributed by atoms with Crippen LogP contribution in [-0.4, -0.2) is 50.3 Å². The Hall–Kier alpha value is -2.90. The zero-order chi connectivity index (χ0) is 20.3. The van der Waals surface area contributed by atoms with Crippen molar-refractivity contribution in [2.24, 2.45) is 5.41 Å². The molecule has 0 radical (unpaired) electrons. The second kappa shape index (κ2) is 6.55. The molecule has 1 aliphatic heterocycles. The first kappa shape index (κ1) is 17.9. The number of aromatic amines is 1. The summed E-state index contributed by atoms with van der Waals surface area (Å²) in [4.78, 5) is 14.8. The van der Waals surface area contributed by atoms with Crippen LogP contribution in [0.5, 0.6) is 0 Å². The summed E-state index contributed by atoms with van der Waals surface area (Å²) in [6.07, 6.45) is 7.78. The Labute approximate surface area is 174 Å². The molecule has 2 N–H and O–H groups in total. The van der Waals surface area contributed by atoms with Crippen molar-refractivity contribution < 1.29 is 9.21 Å². The van der Waals surface area contributed by atoms with Gasteiger partial charge in [0.15, 0.2) is 0 Å². The number of para-hydroxylation sites is 1. The number of hydrogen-bond donors (Lipinski definition) is 2. The predicted molar refractivity (Wildman–Crippen MR) is 111 cm³/mol. The molecule has 1 amide bonds. The maximum atomic E-state index is 12.8. The van der Waals surface area contributed by atoms with Gasteiger partial charge in [-0.25, -0.2) is 0 Å². The number of fused-ring (bicyclic) bond motifs is 1. The van der Waals surface area contributed by atoms with E-state index in [1.807, 2.05) is 18.0 Å². The Morgan fingerprint density at radius 1 is 1.23 bits per heavy atom. The summed E-state index contributed by atoms with van der Waals surface area (Å²) < 4.78 is 5.87. The molecular formula is C22H26N6O2. The first-order valence-corrected chi connectivity index (χ1v) is 10.9. The number of hydrogen-bond acceptors (Lipinski definition) is 6. The minimum absolute atomic E-state index is 0.112. The Kier molecular flexibility index (Phi) is 3.91. The van der Waals surface area contributed by atoms with Crippen molar-refractivity contribution in [1.82, 2.24) is 25.3 Å². The van der Waals surface area contributed by atoms with E-state index in [0.29, 0.717) is 23.2 Å². The number of benzene rings is 1. The first-order chi connectivity index (χ1) is 14.6. The summed E-state index contributed by atoms with van der Waals surface area (Å²) in [5, 5.41) is 19.9. The van der Waals surface area contributed by atoms with E-state index in [1.54, 1.807) is 0 Å². The SMILES string of the molecule is C[C@@H](Nc1nnc([C@@H]2CC2c2cccc3cn[nH]c23)o1)C(=O)N1CCC2(CC1)CC2. The number of H-pyrrole nitrogens is 1. The van der Waals surface area contributed by atoms with E-state index in [-0.39, 0.29) is 17.9 Å². The van der Waals surface area contributed by atoms with Crippen LogP contribution in [0.2, 0.25) is 0 Å². The maximum absolute atomic E-state index is 12.8. The molecule has 1 aromatic carbocycles. The third-order valence-electron chi connectivity index (χ3n) is 7.26. The summed E-state index contributed by atoms with van der Waals surface area (Å²) in [6.45, 7) is 3.60. The first-order valence-electron chi connectivity index (χ1n) is 10.9. The Balaban J connectivity index is 1.09. The van der Waals surface area contributed by atoms with Gasteiger partial charge < -0.3 is 14.6 Å². The van der Waals surface area contributed by atoms with Crippen LogP contribution in [0, 0.1) is 5.41 Å². The third kappa shape index (κ3) is 3.05. The molecule has 6 rings (SSSR count). The van der Waals surface area contributed by atoms with E-state index in [1.165, 1.54) is 18.4 Å². The number of carbonyl (C=O) groups excluding carboxylic acids is 1. The van der Waals surface area contributed by atoms with Gasteiger partial charge in [0.25, 0.3) is 0 Å². The van der Waals surface area contributed by atoms with Gasteiger partial charge in [-0.3, -0.25) is 9.89 Å². The highest BCUT2D eigenvalue weighted by Gasteiger charge is 2.46. The summed E-state index contributed by atoms with van der Waals surface area (Å²) in [6, 6.07) is 6.19. The lowest BCUT2D eigenvalue weighted by atomic mass is 9.93. The largest absolute Gasteiger partial charge is 0.408 e. The van der Waals surface area contributed by atoms with Gasteiger partial charge in [0.05, 0.1) is 11.7 Å². The molecule has 156 valence electrons. The number of amides is 1. The van der Waals surface area contributed by atoms with Gasteiger partial charge in [-0.2, -0.15) is 5.10 Å². The minimum Gasteiger partial charge on any atom is -0.408 e. The molecule has 2 aliphatic carbocycles. The quantitative estimate of drug-likeness (QED) is 0.673. The number of nitrogens with one attached hydrogen (secondary N) is 2.